The van der Waals surface area contributed by atoms with Crippen LogP contribution in [-0.4, -0.2) is 29.9 Å². The molecule has 0 aliphatic heterocycles. The molecular formula is C14H8N6. The number of hydrogen-bond donors (Lipinski definition) is 0. The minimum atomic E-state index is 0.490. The molecule has 0 saturated heterocycles. The van der Waals surface area contributed by atoms with Gasteiger partial charge >= 0.3 is 0 Å². The largest absolute Gasteiger partial charge is 0.264 e. The number of rotatable bonds is 1. The van der Waals surface area contributed by atoms with Gasteiger partial charge in [0.1, 0.15) is 5.52 Å². The van der Waals surface area contributed by atoms with Crippen LogP contribution in [0, 0.1) is 0 Å². The zero-order chi connectivity index (χ0) is 13.4. The fourth-order valence-corrected chi connectivity index (χ4v) is 1.96. The molecule has 0 amide bonds. The maximum absolute atomic E-state index is 4.46. The van der Waals surface area contributed by atoms with Crippen LogP contribution in [0.4, 0.5) is 0 Å². The third-order valence-corrected chi connectivity index (χ3v) is 2.93. The van der Waals surface area contributed by atoms with Crippen molar-refractivity contribution in [3.63, 3.8) is 0 Å². The molecule has 0 radical (unpaired) electrons. The van der Waals surface area contributed by atoms with E-state index < -0.39 is 0 Å². The van der Waals surface area contributed by atoms with Gasteiger partial charge in [-0.25, -0.2) is 19.9 Å². The van der Waals surface area contributed by atoms with Crippen molar-refractivity contribution in [3.8, 4) is 11.6 Å². The quantitative estimate of drug-likeness (QED) is 0.521. The molecule has 4 aromatic rings. The second-order valence-electron chi connectivity index (χ2n) is 4.23. The fraction of sp³-hybridized carbons (Fsp3) is 0. The SMILES string of the molecule is c1cnc2cnc(-c3ncc4cnccc4n3)nc2c1. The van der Waals surface area contributed by atoms with Gasteiger partial charge in [0.25, 0.3) is 0 Å². The molecule has 20 heavy (non-hydrogen) atoms. The average molecular weight is 260 g/mol. The highest BCUT2D eigenvalue weighted by Gasteiger charge is 2.07. The Labute approximate surface area is 113 Å². The van der Waals surface area contributed by atoms with Gasteiger partial charge in [0, 0.05) is 30.2 Å². The molecule has 0 fully saturated rings. The first kappa shape index (κ1) is 10.9. The summed E-state index contributed by atoms with van der Waals surface area (Å²) in [6, 6.07) is 5.56. The van der Waals surface area contributed by atoms with Crippen LogP contribution in [0.25, 0.3) is 33.6 Å². The maximum atomic E-state index is 4.46. The normalized spacial score (nSPS) is 11.0. The lowest BCUT2D eigenvalue weighted by molar-refractivity contribution is 1.11. The third-order valence-electron chi connectivity index (χ3n) is 2.93. The van der Waals surface area contributed by atoms with E-state index in [4.69, 9.17) is 0 Å². The molecule has 94 valence electrons. The van der Waals surface area contributed by atoms with Gasteiger partial charge in [-0.2, -0.15) is 0 Å². The molecule has 0 aliphatic rings. The first-order chi connectivity index (χ1) is 9.90. The summed E-state index contributed by atoms with van der Waals surface area (Å²) in [6.45, 7) is 0. The molecule has 0 N–H and O–H groups in total. The van der Waals surface area contributed by atoms with Gasteiger partial charge in [0.15, 0.2) is 11.6 Å². The molecule has 6 heteroatoms. The van der Waals surface area contributed by atoms with E-state index in [1.807, 2.05) is 18.2 Å². The summed E-state index contributed by atoms with van der Waals surface area (Å²) in [5.41, 5.74) is 2.34. The Morgan fingerprint density at radius 3 is 2.45 bits per heavy atom. The molecule has 4 rings (SSSR count). The van der Waals surface area contributed by atoms with E-state index in [0.717, 1.165) is 21.9 Å². The van der Waals surface area contributed by atoms with Gasteiger partial charge in [-0.15, -0.1) is 0 Å². The Balaban J connectivity index is 1.91. The zero-order valence-corrected chi connectivity index (χ0v) is 10.3. The average Bonchev–Trinajstić information content (AvgIpc) is 2.54. The molecule has 0 unspecified atom stereocenters. The number of aromatic nitrogens is 6. The molecule has 4 heterocycles. The van der Waals surface area contributed by atoms with Gasteiger partial charge in [0.2, 0.25) is 0 Å². The van der Waals surface area contributed by atoms with Crippen molar-refractivity contribution < 1.29 is 0 Å². The minimum absolute atomic E-state index is 0.490. The Kier molecular flexibility index (Phi) is 2.32. The highest BCUT2D eigenvalue weighted by atomic mass is 15.0. The molecule has 0 bridgehead atoms. The zero-order valence-electron chi connectivity index (χ0n) is 10.3. The smallest absolute Gasteiger partial charge is 0.198 e. The van der Waals surface area contributed by atoms with Crippen LogP contribution in [0.3, 0.4) is 0 Å². The van der Waals surface area contributed by atoms with Crippen LogP contribution in [-0.2, 0) is 0 Å². The van der Waals surface area contributed by atoms with Crippen molar-refractivity contribution in [2.75, 3.05) is 0 Å². The summed E-state index contributed by atoms with van der Waals surface area (Å²) in [5, 5.41) is 0.888. The Hall–Kier alpha value is -3.02. The Morgan fingerprint density at radius 2 is 1.50 bits per heavy atom. The highest BCUT2D eigenvalue weighted by Crippen LogP contribution is 2.16. The van der Waals surface area contributed by atoms with Crippen LogP contribution >= 0.6 is 0 Å². The fourth-order valence-electron chi connectivity index (χ4n) is 1.96. The van der Waals surface area contributed by atoms with Gasteiger partial charge in [0.05, 0.1) is 17.2 Å². The van der Waals surface area contributed by atoms with Gasteiger partial charge in [-0.05, 0) is 18.2 Å². The summed E-state index contributed by atoms with van der Waals surface area (Å²) in [5.74, 6) is 0.985. The van der Waals surface area contributed by atoms with E-state index in [1.54, 1.807) is 31.0 Å². The van der Waals surface area contributed by atoms with E-state index in [1.165, 1.54) is 0 Å². The van der Waals surface area contributed by atoms with Gasteiger partial charge < -0.3 is 0 Å². The molecule has 0 saturated carbocycles. The van der Waals surface area contributed by atoms with Gasteiger partial charge in [-0.3, -0.25) is 9.97 Å². The van der Waals surface area contributed by atoms with Gasteiger partial charge in [-0.1, -0.05) is 0 Å². The van der Waals surface area contributed by atoms with Crippen molar-refractivity contribution in [3.05, 3.63) is 49.2 Å². The van der Waals surface area contributed by atoms with Crippen molar-refractivity contribution in [2.45, 2.75) is 0 Å². The maximum Gasteiger partial charge on any atom is 0.198 e. The molecule has 0 aromatic carbocycles. The summed E-state index contributed by atoms with van der Waals surface area (Å²) in [7, 11) is 0. The van der Waals surface area contributed by atoms with E-state index in [2.05, 4.69) is 29.9 Å². The van der Waals surface area contributed by atoms with Crippen molar-refractivity contribution in [1.82, 2.24) is 29.9 Å². The molecule has 0 aliphatic carbocycles. The Bertz CT molecular complexity index is 844. The van der Waals surface area contributed by atoms with E-state index in [0.29, 0.717) is 11.6 Å². The van der Waals surface area contributed by atoms with Crippen molar-refractivity contribution in [1.29, 1.82) is 0 Å². The Morgan fingerprint density at radius 1 is 0.650 bits per heavy atom. The first-order valence-corrected chi connectivity index (χ1v) is 6.05. The summed E-state index contributed by atoms with van der Waals surface area (Å²) < 4.78 is 0. The van der Waals surface area contributed by atoms with Crippen LogP contribution in [0.5, 0.6) is 0 Å². The third kappa shape index (κ3) is 1.74. The lowest BCUT2D eigenvalue weighted by atomic mass is 10.3. The van der Waals surface area contributed by atoms with Crippen LogP contribution in [0.2, 0.25) is 0 Å². The first-order valence-electron chi connectivity index (χ1n) is 6.05. The second-order valence-corrected chi connectivity index (χ2v) is 4.23. The van der Waals surface area contributed by atoms with Crippen LogP contribution < -0.4 is 0 Å². The predicted molar refractivity (Wildman–Crippen MR) is 73.7 cm³/mol. The van der Waals surface area contributed by atoms with Crippen molar-refractivity contribution >= 4 is 21.9 Å². The monoisotopic (exact) mass is 260 g/mol. The summed E-state index contributed by atoms with van der Waals surface area (Å²) >= 11 is 0. The van der Waals surface area contributed by atoms with E-state index in [9.17, 15) is 0 Å². The molecule has 0 spiro atoms. The number of hydrogen-bond acceptors (Lipinski definition) is 6. The molecule has 4 aromatic heterocycles. The summed E-state index contributed by atoms with van der Waals surface area (Å²) in [6.07, 6.45) is 8.54. The topological polar surface area (TPSA) is 77.3 Å². The summed E-state index contributed by atoms with van der Waals surface area (Å²) in [4.78, 5) is 25.7. The highest BCUT2D eigenvalue weighted by molar-refractivity contribution is 5.78. The van der Waals surface area contributed by atoms with E-state index >= 15 is 0 Å². The predicted octanol–water partition coefficient (Wildman–Crippen LogP) is 2.03. The standard InChI is InChI=1S/C14H8N6/c1-2-11-12(16-4-1)8-18-14(20-11)13-17-7-9-6-15-5-3-10(9)19-13/h1-8H. The number of fused-ring (bicyclic) bond motifs is 2. The van der Waals surface area contributed by atoms with Crippen molar-refractivity contribution in [2.24, 2.45) is 0 Å². The molecule has 0 atom stereocenters. The number of pyridine rings is 2. The van der Waals surface area contributed by atoms with Crippen LogP contribution in [0.15, 0.2) is 49.2 Å². The lowest BCUT2D eigenvalue weighted by Gasteiger charge is -2.01. The van der Waals surface area contributed by atoms with Crippen LogP contribution in [0.1, 0.15) is 0 Å². The van der Waals surface area contributed by atoms with E-state index in [-0.39, 0.29) is 0 Å². The second kappa shape index (κ2) is 4.27. The minimum Gasteiger partial charge on any atom is -0.264 e. The lowest BCUT2D eigenvalue weighted by Crippen LogP contribution is -1.96. The molecule has 6 nitrogen and oxygen atoms in total. The number of nitrogens with zero attached hydrogens (tertiary/aromatic N) is 6. The molecular weight excluding hydrogens is 252 g/mol.